The third kappa shape index (κ3) is 9.43. The summed E-state index contributed by atoms with van der Waals surface area (Å²) in [7, 11) is 0. The third-order valence-corrected chi connectivity index (χ3v) is 7.99. The topological polar surface area (TPSA) is 38.7 Å². The lowest BCUT2D eigenvalue weighted by Crippen LogP contribution is -1.75. The molecule has 0 aliphatic heterocycles. The van der Waals surface area contributed by atoms with Crippen molar-refractivity contribution in [2.24, 2.45) is 0 Å². The standard InChI is InChI=1S/2C14H10.C10H8.C6H6.C3H3N3/c1-3-7-13-11(5-1)9-10-12-6-2-4-8-14(12)13;1-2-6-12-10-14-8-4-3-7-13(14)9-11(12)5-1;1-2-6-10-8-4-3-7-9(10)5-1;1-2-4-6-5-3-1;1-4-2-6-3-5-1/h2*1-10H;1-8H;1-6H;1-3H. The fourth-order valence-corrected chi connectivity index (χ4v) is 5.56. The molecule has 1 aromatic heterocycles. The van der Waals surface area contributed by atoms with Crippen LogP contribution in [0.1, 0.15) is 0 Å². The van der Waals surface area contributed by atoms with Gasteiger partial charge in [0.1, 0.15) is 19.0 Å². The van der Waals surface area contributed by atoms with Crippen LogP contribution in [0, 0.1) is 0 Å². The maximum Gasteiger partial charge on any atom is 0.119 e. The normalized spacial score (nSPS) is 10.0. The van der Waals surface area contributed by atoms with E-state index in [1.807, 2.05) is 36.4 Å². The number of benzene rings is 9. The quantitative estimate of drug-likeness (QED) is 0.122. The maximum absolute atomic E-state index is 3.56. The number of hydrogen-bond acceptors (Lipinski definition) is 3. The number of fused-ring (bicyclic) bond motifs is 6. The van der Waals surface area contributed by atoms with E-state index >= 15 is 0 Å². The summed E-state index contributed by atoms with van der Waals surface area (Å²) >= 11 is 0. The van der Waals surface area contributed by atoms with Crippen LogP contribution in [-0.4, -0.2) is 15.0 Å². The molecule has 1 heterocycles. The Morgan fingerprint density at radius 3 is 0.720 bits per heavy atom. The second kappa shape index (κ2) is 18.0. The van der Waals surface area contributed by atoms with E-state index < -0.39 is 0 Å². The van der Waals surface area contributed by atoms with E-state index in [-0.39, 0.29) is 0 Å². The summed E-state index contributed by atoms with van der Waals surface area (Å²) in [6.45, 7) is 0. The first-order valence-corrected chi connectivity index (χ1v) is 16.6. The Morgan fingerprint density at radius 2 is 0.440 bits per heavy atom. The monoisotopic (exact) mass is 643 g/mol. The molecule has 3 nitrogen and oxygen atoms in total. The van der Waals surface area contributed by atoms with Crippen molar-refractivity contribution in [2.45, 2.75) is 0 Å². The van der Waals surface area contributed by atoms with Crippen LogP contribution in [0.3, 0.4) is 0 Å². The van der Waals surface area contributed by atoms with E-state index in [1.54, 1.807) is 0 Å². The minimum Gasteiger partial charge on any atom is -0.225 e. The molecule has 0 aliphatic carbocycles. The van der Waals surface area contributed by atoms with Gasteiger partial charge in [0.05, 0.1) is 0 Å². The molecule has 0 amide bonds. The third-order valence-electron chi connectivity index (χ3n) is 7.99. The van der Waals surface area contributed by atoms with Crippen LogP contribution in [-0.2, 0) is 0 Å². The van der Waals surface area contributed by atoms with Gasteiger partial charge in [-0.25, -0.2) is 15.0 Å². The Bertz CT molecular complexity index is 2170. The van der Waals surface area contributed by atoms with Gasteiger partial charge in [-0.3, -0.25) is 0 Å². The minimum absolute atomic E-state index is 1.31. The van der Waals surface area contributed by atoms with Gasteiger partial charge < -0.3 is 0 Å². The predicted octanol–water partition coefficient (Wildman–Crippen LogP) is 12.4. The molecule has 10 aromatic rings. The molecule has 0 N–H and O–H groups in total. The molecule has 0 bridgehead atoms. The highest BCUT2D eigenvalue weighted by molar-refractivity contribution is 6.07. The molecule has 0 spiro atoms. The van der Waals surface area contributed by atoms with Gasteiger partial charge in [-0.05, 0) is 66.0 Å². The van der Waals surface area contributed by atoms with Crippen molar-refractivity contribution in [3.8, 4) is 0 Å². The molecule has 10 rings (SSSR count). The molecule has 0 aliphatic rings. The van der Waals surface area contributed by atoms with Gasteiger partial charge in [0, 0.05) is 0 Å². The Morgan fingerprint density at radius 1 is 0.200 bits per heavy atom. The summed E-state index contributed by atoms with van der Waals surface area (Å²) in [6, 6.07) is 71.5. The van der Waals surface area contributed by atoms with Gasteiger partial charge in [-0.1, -0.05) is 194 Å². The van der Waals surface area contributed by atoms with Gasteiger partial charge in [0.2, 0.25) is 0 Å². The first-order valence-electron chi connectivity index (χ1n) is 16.6. The second-order valence-electron chi connectivity index (χ2n) is 11.3. The minimum atomic E-state index is 1.31. The Labute approximate surface area is 293 Å². The molecule has 9 aromatic carbocycles. The van der Waals surface area contributed by atoms with E-state index in [4.69, 9.17) is 0 Å². The van der Waals surface area contributed by atoms with Crippen LogP contribution in [0.4, 0.5) is 0 Å². The maximum atomic E-state index is 3.56. The van der Waals surface area contributed by atoms with Crippen LogP contribution < -0.4 is 0 Å². The number of aromatic nitrogens is 3. The molecular formula is C47H37N3. The van der Waals surface area contributed by atoms with E-state index in [2.05, 4.69) is 185 Å². The Kier molecular flexibility index (Phi) is 12.0. The molecule has 0 unspecified atom stereocenters. The van der Waals surface area contributed by atoms with Gasteiger partial charge in [-0.15, -0.1) is 0 Å². The van der Waals surface area contributed by atoms with Crippen LogP contribution in [0.15, 0.2) is 225 Å². The lowest BCUT2D eigenvalue weighted by atomic mass is 10.0. The van der Waals surface area contributed by atoms with Crippen molar-refractivity contribution < 1.29 is 0 Å². The van der Waals surface area contributed by atoms with Crippen LogP contribution in [0.5, 0.6) is 0 Å². The smallest absolute Gasteiger partial charge is 0.119 e. The van der Waals surface area contributed by atoms with E-state index in [0.29, 0.717) is 0 Å². The largest absolute Gasteiger partial charge is 0.225 e. The van der Waals surface area contributed by atoms with E-state index in [0.717, 1.165) is 0 Å². The highest BCUT2D eigenvalue weighted by Crippen LogP contribution is 2.25. The lowest BCUT2D eigenvalue weighted by Gasteiger charge is -2.02. The summed E-state index contributed by atoms with van der Waals surface area (Å²) < 4.78 is 0. The zero-order valence-corrected chi connectivity index (χ0v) is 27.7. The molecule has 0 atom stereocenters. The van der Waals surface area contributed by atoms with Crippen molar-refractivity contribution in [1.29, 1.82) is 0 Å². The molecule has 50 heavy (non-hydrogen) atoms. The molecule has 3 heteroatoms. The number of hydrogen-bond donors (Lipinski definition) is 0. The van der Waals surface area contributed by atoms with E-state index in [1.165, 1.54) is 72.8 Å². The van der Waals surface area contributed by atoms with Gasteiger partial charge in [-0.2, -0.15) is 0 Å². The summed E-state index contributed by atoms with van der Waals surface area (Å²) in [4.78, 5) is 10.7. The first-order chi connectivity index (χ1) is 24.8. The highest BCUT2D eigenvalue weighted by Gasteiger charge is 1.97. The SMILES string of the molecule is c1ccc2c(c1)ccc1ccccc12.c1ccc2cc3ccccc3cc2c1.c1ccc2ccccc2c1.c1ccccc1.c1ncncn1. The van der Waals surface area contributed by atoms with Crippen molar-refractivity contribution in [3.05, 3.63) is 225 Å². The van der Waals surface area contributed by atoms with Crippen molar-refractivity contribution in [2.75, 3.05) is 0 Å². The average Bonchev–Trinajstić information content (AvgIpc) is 3.22. The van der Waals surface area contributed by atoms with Crippen molar-refractivity contribution in [3.63, 3.8) is 0 Å². The second-order valence-corrected chi connectivity index (χ2v) is 11.3. The van der Waals surface area contributed by atoms with Crippen LogP contribution >= 0.6 is 0 Å². The summed E-state index contributed by atoms with van der Waals surface area (Å²) in [5.74, 6) is 0. The molecular weight excluding hydrogens is 607 g/mol. The van der Waals surface area contributed by atoms with E-state index in [9.17, 15) is 0 Å². The first kappa shape index (κ1) is 33.2. The number of rotatable bonds is 0. The van der Waals surface area contributed by atoms with Gasteiger partial charge in [0.15, 0.2) is 0 Å². The molecule has 240 valence electrons. The Balaban J connectivity index is 0.000000113. The molecule has 0 saturated heterocycles. The summed E-state index contributed by atoms with van der Waals surface area (Å²) in [6.07, 6.45) is 4.31. The average molecular weight is 644 g/mol. The molecule has 0 saturated carbocycles. The van der Waals surface area contributed by atoms with Gasteiger partial charge >= 0.3 is 0 Å². The summed E-state index contributed by atoms with van der Waals surface area (Å²) in [5.41, 5.74) is 0. The fraction of sp³-hybridized carbons (Fsp3) is 0. The highest BCUT2D eigenvalue weighted by atomic mass is 14.9. The lowest BCUT2D eigenvalue weighted by molar-refractivity contribution is 1.05. The zero-order valence-electron chi connectivity index (χ0n) is 27.7. The zero-order chi connectivity index (χ0) is 34.1. The molecule has 0 fully saturated rings. The summed E-state index contributed by atoms with van der Waals surface area (Å²) in [5, 5.41) is 13.2. The van der Waals surface area contributed by atoms with Gasteiger partial charge in [0.25, 0.3) is 0 Å². The van der Waals surface area contributed by atoms with Crippen molar-refractivity contribution >= 4 is 53.9 Å². The number of nitrogens with zero attached hydrogens (tertiary/aromatic N) is 3. The fourth-order valence-electron chi connectivity index (χ4n) is 5.56. The molecule has 0 radical (unpaired) electrons. The predicted molar refractivity (Wildman–Crippen MR) is 213 cm³/mol. The van der Waals surface area contributed by atoms with Crippen molar-refractivity contribution in [1.82, 2.24) is 15.0 Å². The van der Waals surface area contributed by atoms with Crippen LogP contribution in [0.2, 0.25) is 0 Å². The Hall–Kier alpha value is -6.71. The van der Waals surface area contributed by atoms with Crippen LogP contribution in [0.25, 0.3) is 53.9 Å².